The number of amides is 1. The maximum Gasteiger partial charge on any atom is 0.224 e. The van der Waals surface area contributed by atoms with Crippen LogP contribution in [0.15, 0.2) is 53.7 Å². The summed E-state index contributed by atoms with van der Waals surface area (Å²) in [6, 6.07) is 12.0. The lowest BCUT2D eigenvalue weighted by molar-refractivity contribution is -0.120. The van der Waals surface area contributed by atoms with Gasteiger partial charge in [-0.25, -0.2) is 9.37 Å². The van der Waals surface area contributed by atoms with E-state index in [1.807, 2.05) is 24.4 Å². The molecule has 154 valence electrons. The summed E-state index contributed by atoms with van der Waals surface area (Å²) in [4.78, 5) is 25.2. The maximum atomic E-state index is 13.2. The molecule has 2 aromatic rings. The molecule has 0 spiro atoms. The van der Waals surface area contributed by atoms with E-state index in [0.717, 1.165) is 38.0 Å². The second kappa shape index (κ2) is 10.4. The van der Waals surface area contributed by atoms with Crippen molar-refractivity contribution in [2.24, 2.45) is 4.99 Å². The van der Waals surface area contributed by atoms with Gasteiger partial charge in [-0.1, -0.05) is 18.2 Å². The van der Waals surface area contributed by atoms with Crippen LogP contribution >= 0.6 is 0 Å². The summed E-state index contributed by atoms with van der Waals surface area (Å²) in [6.45, 7) is 4.50. The zero-order valence-corrected chi connectivity index (χ0v) is 16.6. The number of carbonyl (C=O) groups excluding carboxylic acids is 1. The van der Waals surface area contributed by atoms with Gasteiger partial charge in [-0.15, -0.1) is 0 Å². The van der Waals surface area contributed by atoms with Gasteiger partial charge in [0.15, 0.2) is 5.96 Å². The first-order chi connectivity index (χ1) is 14.2. The number of carbonyl (C=O) groups is 1. The van der Waals surface area contributed by atoms with E-state index in [4.69, 9.17) is 0 Å². The molecule has 29 heavy (non-hydrogen) atoms. The molecule has 3 rings (SSSR count). The largest absolute Gasteiger partial charge is 0.354 e. The summed E-state index contributed by atoms with van der Waals surface area (Å²) >= 11 is 0. The highest BCUT2D eigenvalue weighted by atomic mass is 19.1. The van der Waals surface area contributed by atoms with Crippen LogP contribution in [0.5, 0.6) is 0 Å². The molecule has 0 unspecified atom stereocenters. The Labute approximate surface area is 170 Å². The molecule has 1 aliphatic rings. The zero-order chi connectivity index (χ0) is 20.5. The van der Waals surface area contributed by atoms with Crippen LogP contribution in [0, 0.1) is 5.82 Å². The van der Waals surface area contributed by atoms with Crippen LogP contribution < -0.4 is 15.5 Å². The van der Waals surface area contributed by atoms with Crippen molar-refractivity contribution in [3.05, 3.63) is 60.0 Å². The van der Waals surface area contributed by atoms with Gasteiger partial charge in [0.25, 0.3) is 0 Å². The molecular weight excluding hydrogens is 371 g/mol. The van der Waals surface area contributed by atoms with Crippen LogP contribution in [0.25, 0.3) is 0 Å². The van der Waals surface area contributed by atoms with Crippen molar-refractivity contribution in [3.63, 3.8) is 0 Å². The summed E-state index contributed by atoms with van der Waals surface area (Å²) in [5.74, 6) is 1.36. The number of halogens is 1. The van der Waals surface area contributed by atoms with Crippen LogP contribution in [0.3, 0.4) is 0 Å². The average Bonchev–Trinajstić information content (AvgIpc) is 2.75. The van der Waals surface area contributed by atoms with E-state index in [0.29, 0.717) is 18.7 Å². The van der Waals surface area contributed by atoms with E-state index in [9.17, 15) is 9.18 Å². The molecule has 0 atom stereocenters. The first kappa shape index (κ1) is 20.6. The smallest absolute Gasteiger partial charge is 0.224 e. The number of hydrogen-bond acceptors (Lipinski definition) is 4. The monoisotopic (exact) mass is 398 g/mol. The predicted octanol–water partition coefficient (Wildman–Crippen LogP) is 1.28. The van der Waals surface area contributed by atoms with Crippen LogP contribution in [0.2, 0.25) is 0 Å². The van der Waals surface area contributed by atoms with E-state index in [1.165, 1.54) is 12.1 Å². The third-order valence-electron chi connectivity index (χ3n) is 4.75. The van der Waals surface area contributed by atoms with Crippen LogP contribution in [0.4, 0.5) is 10.2 Å². The number of aliphatic imine (C=N–C) groups is 1. The van der Waals surface area contributed by atoms with Gasteiger partial charge in [-0.3, -0.25) is 9.79 Å². The van der Waals surface area contributed by atoms with Crippen molar-refractivity contribution in [1.82, 2.24) is 20.5 Å². The lowest BCUT2D eigenvalue weighted by Crippen LogP contribution is -2.53. The molecule has 2 heterocycles. The number of nitrogens with one attached hydrogen (secondary N) is 2. The number of anilines is 1. The fraction of sp³-hybridized carbons (Fsp3) is 0.381. The van der Waals surface area contributed by atoms with Crippen molar-refractivity contribution >= 4 is 17.7 Å². The number of rotatable bonds is 6. The van der Waals surface area contributed by atoms with Gasteiger partial charge < -0.3 is 20.4 Å². The van der Waals surface area contributed by atoms with E-state index in [-0.39, 0.29) is 18.1 Å². The predicted molar refractivity (Wildman–Crippen MR) is 112 cm³/mol. The molecule has 2 N–H and O–H groups in total. The van der Waals surface area contributed by atoms with Gasteiger partial charge in [-0.2, -0.15) is 0 Å². The second-order valence-corrected chi connectivity index (χ2v) is 6.79. The maximum absolute atomic E-state index is 13.2. The highest BCUT2D eigenvalue weighted by Crippen LogP contribution is 2.12. The molecule has 0 saturated carbocycles. The number of guanidine groups is 1. The minimum Gasteiger partial charge on any atom is -0.354 e. The number of nitrogens with zero attached hydrogens (tertiary/aromatic N) is 4. The van der Waals surface area contributed by atoms with Gasteiger partial charge in [0, 0.05) is 52.5 Å². The van der Waals surface area contributed by atoms with Crippen molar-refractivity contribution < 1.29 is 9.18 Å². The van der Waals surface area contributed by atoms with Crippen molar-refractivity contribution in [2.45, 2.75) is 6.42 Å². The normalized spacial score (nSPS) is 14.6. The molecule has 0 aliphatic carbocycles. The van der Waals surface area contributed by atoms with Crippen LogP contribution in [-0.2, 0) is 11.2 Å². The number of hydrogen-bond donors (Lipinski definition) is 2. The summed E-state index contributed by atoms with van der Waals surface area (Å²) < 4.78 is 13.2. The molecule has 0 radical (unpaired) electrons. The topological polar surface area (TPSA) is 72.9 Å². The van der Waals surface area contributed by atoms with E-state index in [1.54, 1.807) is 19.2 Å². The van der Waals surface area contributed by atoms with E-state index < -0.39 is 0 Å². The van der Waals surface area contributed by atoms with Gasteiger partial charge in [0.05, 0.1) is 6.42 Å². The third kappa shape index (κ3) is 6.17. The molecule has 1 aliphatic heterocycles. The highest BCUT2D eigenvalue weighted by molar-refractivity contribution is 5.80. The molecule has 7 nitrogen and oxygen atoms in total. The Morgan fingerprint density at radius 2 is 1.90 bits per heavy atom. The zero-order valence-electron chi connectivity index (χ0n) is 16.6. The Balaban J connectivity index is 1.37. The third-order valence-corrected chi connectivity index (χ3v) is 4.75. The van der Waals surface area contributed by atoms with Gasteiger partial charge >= 0.3 is 0 Å². The molecule has 1 fully saturated rings. The summed E-state index contributed by atoms with van der Waals surface area (Å²) in [6.07, 6.45) is 1.98. The molecule has 1 saturated heterocycles. The fourth-order valence-corrected chi connectivity index (χ4v) is 3.29. The first-order valence-corrected chi connectivity index (χ1v) is 9.78. The SMILES string of the molecule is CN=C(NCCNC(=O)Cc1cccc(F)c1)N1CCN(c2ccccn2)CC1. The Bertz CT molecular complexity index is 821. The first-order valence-electron chi connectivity index (χ1n) is 9.78. The minimum atomic E-state index is -0.330. The molecule has 1 amide bonds. The molecule has 1 aromatic carbocycles. The Morgan fingerprint density at radius 3 is 2.59 bits per heavy atom. The highest BCUT2D eigenvalue weighted by Gasteiger charge is 2.20. The number of benzene rings is 1. The lowest BCUT2D eigenvalue weighted by atomic mass is 10.1. The number of pyridine rings is 1. The fourth-order valence-electron chi connectivity index (χ4n) is 3.29. The second-order valence-electron chi connectivity index (χ2n) is 6.79. The Hall–Kier alpha value is -3.16. The van der Waals surface area contributed by atoms with Crippen LogP contribution in [0.1, 0.15) is 5.56 Å². The quantitative estimate of drug-likeness (QED) is 0.436. The van der Waals surface area contributed by atoms with Gasteiger partial charge in [0.1, 0.15) is 11.6 Å². The summed E-state index contributed by atoms with van der Waals surface area (Å²) in [5, 5.41) is 6.14. The number of piperazine rings is 1. The lowest BCUT2D eigenvalue weighted by Gasteiger charge is -2.37. The van der Waals surface area contributed by atoms with Crippen LogP contribution in [-0.4, -0.2) is 68.1 Å². The summed E-state index contributed by atoms with van der Waals surface area (Å²) in [5.41, 5.74) is 0.664. The Kier molecular flexibility index (Phi) is 7.38. The Morgan fingerprint density at radius 1 is 1.10 bits per heavy atom. The van der Waals surface area contributed by atoms with Crippen molar-refractivity contribution in [2.75, 3.05) is 51.2 Å². The van der Waals surface area contributed by atoms with E-state index >= 15 is 0 Å². The van der Waals surface area contributed by atoms with Gasteiger partial charge in [0.2, 0.25) is 5.91 Å². The van der Waals surface area contributed by atoms with Gasteiger partial charge in [-0.05, 0) is 29.8 Å². The van der Waals surface area contributed by atoms with Crippen molar-refractivity contribution in [3.8, 4) is 0 Å². The standard InChI is InChI=1S/C21H27FN6O/c1-23-21(28-13-11-27(12-14-28)19-7-2-3-8-24-19)26-10-9-25-20(29)16-17-5-4-6-18(22)15-17/h2-8,15H,9-14,16H2,1H3,(H,23,26)(H,25,29). The molecule has 0 bridgehead atoms. The number of aromatic nitrogens is 1. The average molecular weight is 398 g/mol. The molecule has 1 aromatic heterocycles. The minimum absolute atomic E-state index is 0.128. The summed E-state index contributed by atoms with van der Waals surface area (Å²) in [7, 11) is 1.76. The molecule has 8 heteroatoms. The van der Waals surface area contributed by atoms with E-state index in [2.05, 4.69) is 30.4 Å². The molecular formula is C21H27FN6O. The van der Waals surface area contributed by atoms with Crippen molar-refractivity contribution in [1.29, 1.82) is 0 Å².